The van der Waals surface area contributed by atoms with Gasteiger partial charge in [0, 0.05) is 19.4 Å². The molecule has 17 unspecified atom stereocenters. The van der Waals surface area contributed by atoms with Gasteiger partial charge in [0.15, 0.2) is 0 Å². The van der Waals surface area contributed by atoms with E-state index in [-0.39, 0.29) is 29.1 Å². The Morgan fingerprint density at radius 1 is 0.563 bits per heavy atom. The molecule has 0 heterocycles. The highest BCUT2D eigenvalue weighted by atomic mass is 16.6. The average Bonchev–Trinajstić information content (AvgIpc) is 3.87. The maximum Gasteiger partial charge on any atom is 0.408 e. The molecule has 8 aliphatic rings. The third-order valence-electron chi connectivity index (χ3n) is 23.0. The molecular formula is C63H104N2O6. The molecule has 0 radical (unpaired) electrons. The summed E-state index contributed by atoms with van der Waals surface area (Å²) in [6.07, 6.45) is 32.8. The molecule has 0 aliphatic heterocycles. The molecule has 2 N–H and O–H groups in total. The summed E-state index contributed by atoms with van der Waals surface area (Å²) in [6.45, 7) is 25.4. The van der Waals surface area contributed by atoms with Crippen LogP contribution in [0.5, 0.6) is 0 Å². The van der Waals surface area contributed by atoms with Gasteiger partial charge in [-0.05, 0) is 202 Å². The Hall–Kier alpha value is -2.51. The second-order valence-electron chi connectivity index (χ2n) is 27.8. The van der Waals surface area contributed by atoms with Crippen molar-refractivity contribution in [1.82, 2.24) is 10.6 Å². The molecule has 8 heteroatoms. The van der Waals surface area contributed by atoms with Crippen LogP contribution in [-0.2, 0) is 19.0 Å². The summed E-state index contributed by atoms with van der Waals surface area (Å²) in [6, 6.07) is -0.802. The van der Waals surface area contributed by atoms with Crippen LogP contribution in [0, 0.1) is 92.7 Å². The van der Waals surface area contributed by atoms with Gasteiger partial charge in [-0.2, -0.15) is 0 Å². The molecule has 2 amide bonds. The number of ether oxygens (including phenoxy) is 3. The standard InChI is InChI=1S/C63H104N2O6/c1-40(2)16-14-18-42(5)50-25-27-52-48-23-21-44-38-46(29-33-60(44,7)54(48)31-35-62(50,52)9)70-58(67)64-37-13-12-20-56(57(66)69-11)65-59(68)71-47-30-34-61(8)45(39-47)22-24-49-53-28-26-51(43(6)19-15-17-41(3)4)63(53,10)36-32-55(49)61/h21-22,40-43,46-56H,12-20,23-39H2,1-11H3,(H,64,67)(H,65,68). The van der Waals surface area contributed by atoms with Crippen molar-refractivity contribution in [1.29, 1.82) is 0 Å². The molecule has 8 aliphatic carbocycles. The van der Waals surface area contributed by atoms with Gasteiger partial charge < -0.3 is 24.8 Å². The fourth-order valence-electron chi connectivity index (χ4n) is 19.1. The third kappa shape index (κ3) is 11.4. The Kier molecular flexibility index (Phi) is 17.6. The molecule has 8 nitrogen and oxygen atoms in total. The number of amides is 2. The van der Waals surface area contributed by atoms with Crippen LogP contribution in [-0.4, -0.2) is 50.1 Å². The minimum Gasteiger partial charge on any atom is -0.467 e. The zero-order valence-electron chi connectivity index (χ0n) is 47.1. The summed E-state index contributed by atoms with van der Waals surface area (Å²) < 4.78 is 17.3. The lowest BCUT2D eigenvalue weighted by Gasteiger charge is -2.58. The highest BCUT2D eigenvalue weighted by Crippen LogP contribution is 2.69. The van der Waals surface area contributed by atoms with Gasteiger partial charge in [0.1, 0.15) is 18.2 Å². The number of carbonyl (C=O) groups is 3. The number of methoxy groups -OCH3 is 1. The first-order valence-corrected chi connectivity index (χ1v) is 30.2. The number of fused-ring (bicyclic) bond motifs is 10. The molecule has 71 heavy (non-hydrogen) atoms. The van der Waals surface area contributed by atoms with Crippen LogP contribution in [0.2, 0.25) is 0 Å². The number of esters is 1. The van der Waals surface area contributed by atoms with Gasteiger partial charge in [0.25, 0.3) is 0 Å². The summed E-state index contributed by atoms with van der Waals surface area (Å²) in [4.78, 5) is 39.4. The summed E-state index contributed by atoms with van der Waals surface area (Å²) >= 11 is 0. The Morgan fingerprint density at radius 3 is 1.51 bits per heavy atom. The van der Waals surface area contributed by atoms with Crippen molar-refractivity contribution in [3.8, 4) is 0 Å². The van der Waals surface area contributed by atoms with Gasteiger partial charge >= 0.3 is 18.2 Å². The van der Waals surface area contributed by atoms with Gasteiger partial charge in [-0.3, -0.25) is 0 Å². The first-order valence-electron chi connectivity index (χ1n) is 30.2. The molecule has 402 valence electrons. The number of alkyl carbamates (subject to hydrolysis) is 2. The van der Waals surface area contributed by atoms with E-state index in [0.717, 1.165) is 110 Å². The van der Waals surface area contributed by atoms with E-state index in [1.165, 1.54) is 115 Å². The molecule has 17 atom stereocenters. The summed E-state index contributed by atoms with van der Waals surface area (Å²) in [7, 11) is 1.36. The normalized spacial score (nSPS) is 39.5. The van der Waals surface area contributed by atoms with Crippen LogP contribution in [0.3, 0.4) is 0 Å². The van der Waals surface area contributed by atoms with Crippen LogP contribution in [0.4, 0.5) is 9.59 Å². The molecule has 0 aromatic carbocycles. The molecule has 0 spiro atoms. The lowest BCUT2D eigenvalue weighted by atomic mass is 9.47. The first kappa shape index (κ1) is 54.7. The van der Waals surface area contributed by atoms with E-state index in [0.29, 0.717) is 42.6 Å². The maximum atomic E-state index is 13.4. The molecule has 8 rings (SSSR count). The zero-order chi connectivity index (χ0) is 50.9. The van der Waals surface area contributed by atoms with Crippen LogP contribution in [0.15, 0.2) is 23.3 Å². The number of hydrogen-bond acceptors (Lipinski definition) is 6. The lowest BCUT2D eigenvalue weighted by molar-refractivity contribution is -0.143. The minimum absolute atomic E-state index is 0.0907. The van der Waals surface area contributed by atoms with E-state index in [9.17, 15) is 14.4 Å². The number of allylic oxidation sites excluding steroid dienone is 2. The van der Waals surface area contributed by atoms with Crippen LogP contribution >= 0.6 is 0 Å². The summed E-state index contributed by atoms with van der Waals surface area (Å²) in [5.41, 5.74) is 4.38. The van der Waals surface area contributed by atoms with E-state index >= 15 is 0 Å². The van der Waals surface area contributed by atoms with Crippen molar-refractivity contribution < 1.29 is 28.6 Å². The third-order valence-corrected chi connectivity index (χ3v) is 23.0. The Bertz CT molecular complexity index is 1910. The fraction of sp³-hybridized carbons (Fsp3) is 0.889. The highest BCUT2D eigenvalue weighted by Gasteiger charge is 2.61. The van der Waals surface area contributed by atoms with E-state index in [1.54, 1.807) is 0 Å². The second kappa shape index (κ2) is 22.8. The van der Waals surface area contributed by atoms with Crippen LogP contribution < -0.4 is 10.6 Å². The molecular weight excluding hydrogens is 881 g/mol. The van der Waals surface area contributed by atoms with Crippen molar-refractivity contribution >= 4 is 18.2 Å². The second-order valence-corrected chi connectivity index (χ2v) is 27.8. The molecule has 0 aromatic rings. The Balaban J connectivity index is 0.748. The van der Waals surface area contributed by atoms with Gasteiger partial charge in [0.2, 0.25) is 0 Å². The number of nitrogens with one attached hydrogen (secondary N) is 2. The summed E-state index contributed by atoms with van der Waals surface area (Å²) in [5.74, 6) is 9.17. The predicted octanol–water partition coefficient (Wildman–Crippen LogP) is 16.0. The van der Waals surface area contributed by atoms with Gasteiger partial charge in [0.05, 0.1) is 7.11 Å². The first-order chi connectivity index (χ1) is 33.8. The van der Waals surface area contributed by atoms with Crippen molar-refractivity contribution in [2.45, 2.75) is 248 Å². The maximum absolute atomic E-state index is 13.4. The number of hydrogen-bond donors (Lipinski definition) is 2. The van der Waals surface area contributed by atoms with Crippen molar-refractivity contribution in [3.05, 3.63) is 23.3 Å². The zero-order valence-corrected chi connectivity index (χ0v) is 47.1. The van der Waals surface area contributed by atoms with E-state index in [1.807, 2.05) is 0 Å². The quantitative estimate of drug-likeness (QED) is 0.0578. The molecule has 0 aromatic heterocycles. The van der Waals surface area contributed by atoms with E-state index in [4.69, 9.17) is 14.2 Å². The van der Waals surface area contributed by atoms with Gasteiger partial charge in [-0.1, -0.05) is 131 Å². The van der Waals surface area contributed by atoms with E-state index in [2.05, 4.69) is 92.0 Å². The number of carbonyl (C=O) groups excluding carboxylic acids is 3. The van der Waals surface area contributed by atoms with Crippen molar-refractivity contribution in [2.24, 2.45) is 92.7 Å². The monoisotopic (exact) mass is 985 g/mol. The van der Waals surface area contributed by atoms with Crippen LogP contribution in [0.1, 0.15) is 230 Å². The fourth-order valence-corrected chi connectivity index (χ4v) is 19.1. The topological polar surface area (TPSA) is 103 Å². The largest absolute Gasteiger partial charge is 0.467 e. The number of unbranched alkanes of at least 4 members (excludes halogenated alkanes) is 1. The number of rotatable bonds is 19. The SMILES string of the molecule is COC(=O)C(CCCCNC(=O)OC1CCC2(C)C(=CCC3C2CCC2(C)C(C(C)CCCC(C)C)CCC32)C1)NC(=O)OC1CCC2(C)C(=CCC3C2CCC2(C)C(C(C)CCCC(C)C)CCC32)C1. The smallest absolute Gasteiger partial charge is 0.408 e. The van der Waals surface area contributed by atoms with Crippen molar-refractivity contribution in [2.75, 3.05) is 13.7 Å². The van der Waals surface area contributed by atoms with Gasteiger partial charge in [-0.25, -0.2) is 14.4 Å². The Morgan fingerprint density at radius 2 is 1.04 bits per heavy atom. The lowest BCUT2D eigenvalue weighted by Crippen LogP contribution is -2.51. The molecule has 6 fully saturated rings. The molecule has 0 bridgehead atoms. The van der Waals surface area contributed by atoms with Crippen LogP contribution in [0.25, 0.3) is 0 Å². The summed E-state index contributed by atoms with van der Waals surface area (Å²) in [5, 5.41) is 5.84. The molecule has 0 saturated heterocycles. The van der Waals surface area contributed by atoms with Gasteiger partial charge in [-0.15, -0.1) is 0 Å². The van der Waals surface area contributed by atoms with Crippen molar-refractivity contribution in [3.63, 3.8) is 0 Å². The van der Waals surface area contributed by atoms with E-state index < -0.39 is 18.1 Å². The molecule has 6 saturated carbocycles. The average molecular weight is 986 g/mol. The Labute approximate surface area is 433 Å². The predicted molar refractivity (Wildman–Crippen MR) is 287 cm³/mol. The minimum atomic E-state index is -0.802. The highest BCUT2D eigenvalue weighted by molar-refractivity contribution is 5.81.